The molecule has 1 N–H and O–H groups in total. The zero-order chi connectivity index (χ0) is 15.4. The Morgan fingerprint density at radius 3 is 2.86 bits per heavy atom. The molecule has 21 heavy (non-hydrogen) atoms. The molecule has 0 radical (unpaired) electrons. The highest BCUT2D eigenvalue weighted by Crippen LogP contribution is 2.25. The number of aryl methyl sites for hydroxylation is 1. The van der Waals surface area contributed by atoms with E-state index in [-0.39, 0.29) is 5.57 Å². The van der Waals surface area contributed by atoms with Crippen LogP contribution in [0.3, 0.4) is 0 Å². The zero-order valence-electron chi connectivity index (χ0n) is 11.0. The lowest BCUT2D eigenvalue weighted by Crippen LogP contribution is -2.13. The van der Waals surface area contributed by atoms with Gasteiger partial charge in [-0.15, -0.1) is 0 Å². The van der Waals surface area contributed by atoms with E-state index in [1.807, 2.05) is 6.07 Å². The third kappa shape index (κ3) is 3.85. The van der Waals surface area contributed by atoms with Gasteiger partial charge in [0.2, 0.25) is 0 Å². The molecule has 0 bridgehead atoms. The van der Waals surface area contributed by atoms with Crippen molar-refractivity contribution >= 4 is 40.9 Å². The van der Waals surface area contributed by atoms with Gasteiger partial charge in [-0.05, 0) is 24.3 Å². The number of anilines is 1. The molecule has 0 unspecified atom stereocenters. The van der Waals surface area contributed by atoms with E-state index in [2.05, 4.69) is 10.4 Å². The number of hydrogen-bond donors (Lipinski definition) is 1. The van der Waals surface area contributed by atoms with Gasteiger partial charge >= 0.3 is 0 Å². The van der Waals surface area contributed by atoms with E-state index in [1.54, 1.807) is 36.3 Å². The average Bonchev–Trinajstić information content (AvgIpc) is 2.85. The van der Waals surface area contributed by atoms with E-state index in [9.17, 15) is 4.79 Å². The van der Waals surface area contributed by atoms with Crippen molar-refractivity contribution in [2.45, 2.75) is 0 Å². The number of halogens is 2. The van der Waals surface area contributed by atoms with Crippen molar-refractivity contribution < 1.29 is 4.79 Å². The molecule has 1 heterocycles. The number of carbonyl (C=O) groups excluding carboxylic acids is 1. The lowest BCUT2D eigenvalue weighted by molar-refractivity contribution is -0.112. The van der Waals surface area contributed by atoms with Gasteiger partial charge in [0.25, 0.3) is 5.91 Å². The SMILES string of the molecule is Cn1cc(/C=C(\C#N)C(=O)Nc2cc(Cl)ccc2Cl)cn1. The molecule has 0 fully saturated rings. The Labute approximate surface area is 131 Å². The Balaban J connectivity index is 2.23. The zero-order valence-corrected chi connectivity index (χ0v) is 12.5. The molecule has 1 aromatic carbocycles. The monoisotopic (exact) mass is 320 g/mol. The van der Waals surface area contributed by atoms with Crippen LogP contribution in [0.25, 0.3) is 6.08 Å². The molecule has 2 rings (SSSR count). The first-order valence-corrected chi connectivity index (χ1v) is 6.62. The van der Waals surface area contributed by atoms with E-state index in [0.29, 0.717) is 21.3 Å². The maximum atomic E-state index is 12.1. The normalized spacial score (nSPS) is 11.0. The van der Waals surface area contributed by atoms with E-state index in [4.69, 9.17) is 28.5 Å². The number of amides is 1. The lowest BCUT2D eigenvalue weighted by atomic mass is 10.2. The molecule has 1 amide bonds. The number of nitriles is 1. The molecule has 1 aromatic heterocycles. The highest BCUT2D eigenvalue weighted by Gasteiger charge is 2.12. The Morgan fingerprint density at radius 2 is 2.24 bits per heavy atom. The summed E-state index contributed by atoms with van der Waals surface area (Å²) in [5.41, 5.74) is 0.946. The molecule has 0 saturated carbocycles. The van der Waals surface area contributed by atoms with Crippen LogP contribution in [0.15, 0.2) is 36.2 Å². The second-order valence-electron chi connectivity index (χ2n) is 4.20. The Hall–Kier alpha value is -2.29. The molecule has 0 spiro atoms. The Morgan fingerprint density at radius 1 is 1.48 bits per heavy atom. The third-order valence-electron chi connectivity index (χ3n) is 2.58. The predicted octanol–water partition coefficient (Wildman–Crippen LogP) is 3.27. The molecular formula is C14H10Cl2N4O. The average molecular weight is 321 g/mol. The van der Waals surface area contributed by atoms with Gasteiger partial charge in [-0.3, -0.25) is 9.48 Å². The maximum Gasteiger partial charge on any atom is 0.266 e. The number of aromatic nitrogens is 2. The van der Waals surface area contributed by atoms with Crippen LogP contribution in [0.4, 0.5) is 5.69 Å². The summed E-state index contributed by atoms with van der Waals surface area (Å²) in [7, 11) is 1.75. The second-order valence-corrected chi connectivity index (χ2v) is 5.04. The standard InChI is InChI=1S/C14H10Cl2N4O/c1-20-8-9(7-18-20)4-10(6-17)14(21)19-13-5-11(15)2-3-12(13)16/h2-5,7-8H,1H3,(H,19,21)/b10-4+. The fourth-order valence-electron chi connectivity index (χ4n) is 1.61. The van der Waals surface area contributed by atoms with Crippen LogP contribution < -0.4 is 5.32 Å². The molecule has 0 saturated heterocycles. The molecular weight excluding hydrogens is 311 g/mol. The largest absolute Gasteiger partial charge is 0.320 e. The molecule has 0 aliphatic heterocycles. The Kier molecular flexibility index (Phi) is 4.63. The summed E-state index contributed by atoms with van der Waals surface area (Å²) in [4.78, 5) is 12.1. The summed E-state index contributed by atoms with van der Waals surface area (Å²) in [5.74, 6) is -0.564. The van der Waals surface area contributed by atoms with Crippen molar-refractivity contribution in [2.75, 3.05) is 5.32 Å². The highest BCUT2D eigenvalue weighted by molar-refractivity contribution is 6.36. The van der Waals surface area contributed by atoms with Gasteiger partial charge in [0.05, 0.1) is 16.9 Å². The van der Waals surface area contributed by atoms with E-state index in [0.717, 1.165) is 0 Å². The summed E-state index contributed by atoms with van der Waals surface area (Å²) < 4.78 is 1.58. The number of nitrogens with zero attached hydrogens (tertiary/aromatic N) is 3. The minimum absolute atomic E-state index is 0.0564. The Bertz CT molecular complexity index is 759. The first-order chi connectivity index (χ1) is 9.99. The minimum atomic E-state index is -0.564. The fourth-order valence-corrected chi connectivity index (χ4v) is 1.95. The van der Waals surface area contributed by atoms with Gasteiger partial charge in [0.1, 0.15) is 11.6 Å². The van der Waals surface area contributed by atoms with Gasteiger partial charge < -0.3 is 5.32 Å². The summed E-state index contributed by atoms with van der Waals surface area (Å²) in [6.07, 6.45) is 4.69. The van der Waals surface area contributed by atoms with Gasteiger partial charge in [-0.2, -0.15) is 10.4 Å². The van der Waals surface area contributed by atoms with Crippen LogP contribution in [-0.4, -0.2) is 15.7 Å². The van der Waals surface area contributed by atoms with Crippen molar-refractivity contribution in [1.29, 1.82) is 5.26 Å². The molecule has 2 aromatic rings. The van der Waals surface area contributed by atoms with Gasteiger partial charge in [-0.25, -0.2) is 0 Å². The third-order valence-corrected chi connectivity index (χ3v) is 3.14. The summed E-state index contributed by atoms with van der Waals surface area (Å²) >= 11 is 11.8. The van der Waals surface area contributed by atoms with E-state index in [1.165, 1.54) is 12.1 Å². The quantitative estimate of drug-likeness (QED) is 0.697. The summed E-state index contributed by atoms with van der Waals surface area (Å²) in [5, 5.41) is 16.4. The maximum absolute atomic E-state index is 12.1. The van der Waals surface area contributed by atoms with Gasteiger partial charge in [0, 0.05) is 23.8 Å². The van der Waals surface area contributed by atoms with Crippen LogP contribution in [0, 0.1) is 11.3 Å². The van der Waals surface area contributed by atoms with E-state index >= 15 is 0 Å². The van der Waals surface area contributed by atoms with Crippen LogP contribution in [0.5, 0.6) is 0 Å². The molecule has 0 aliphatic rings. The highest BCUT2D eigenvalue weighted by atomic mass is 35.5. The van der Waals surface area contributed by atoms with Crippen LogP contribution >= 0.6 is 23.2 Å². The first-order valence-electron chi connectivity index (χ1n) is 5.86. The summed E-state index contributed by atoms with van der Waals surface area (Å²) in [6.45, 7) is 0. The predicted molar refractivity (Wildman–Crippen MR) is 81.9 cm³/mol. The van der Waals surface area contributed by atoms with Crippen molar-refractivity contribution in [1.82, 2.24) is 9.78 Å². The van der Waals surface area contributed by atoms with Crippen molar-refractivity contribution in [3.63, 3.8) is 0 Å². The molecule has 106 valence electrons. The first kappa shape index (κ1) is 15.1. The van der Waals surface area contributed by atoms with Gasteiger partial charge in [0.15, 0.2) is 0 Å². The van der Waals surface area contributed by atoms with Crippen molar-refractivity contribution in [3.8, 4) is 6.07 Å². The molecule has 0 aliphatic carbocycles. The van der Waals surface area contributed by atoms with E-state index < -0.39 is 5.91 Å². The number of hydrogen-bond acceptors (Lipinski definition) is 3. The fraction of sp³-hybridized carbons (Fsp3) is 0.0714. The topological polar surface area (TPSA) is 70.7 Å². The van der Waals surface area contributed by atoms with Crippen LogP contribution in [0.2, 0.25) is 10.0 Å². The second kappa shape index (κ2) is 6.44. The molecule has 5 nitrogen and oxygen atoms in total. The molecule has 7 heteroatoms. The van der Waals surface area contributed by atoms with Crippen molar-refractivity contribution in [2.24, 2.45) is 7.05 Å². The number of benzene rings is 1. The number of nitrogens with one attached hydrogen (secondary N) is 1. The van der Waals surface area contributed by atoms with Crippen LogP contribution in [-0.2, 0) is 11.8 Å². The lowest BCUT2D eigenvalue weighted by Gasteiger charge is -2.06. The minimum Gasteiger partial charge on any atom is -0.320 e. The summed E-state index contributed by atoms with van der Waals surface area (Å²) in [6, 6.07) is 6.54. The van der Waals surface area contributed by atoms with Gasteiger partial charge in [-0.1, -0.05) is 23.2 Å². The number of carbonyl (C=O) groups is 1. The van der Waals surface area contributed by atoms with Crippen LogP contribution in [0.1, 0.15) is 5.56 Å². The number of rotatable bonds is 3. The van der Waals surface area contributed by atoms with Crippen molar-refractivity contribution in [3.05, 3.63) is 51.8 Å². The smallest absolute Gasteiger partial charge is 0.266 e. The molecule has 0 atom stereocenters.